The van der Waals surface area contributed by atoms with Crippen molar-refractivity contribution in [3.05, 3.63) is 0 Å². The molecule has 0 N–H and O–H groups in total. The van der Waals surface area contributed by atoms with E-state index in [1.165, 1.54) is 6.92 Å². The molecule has 0 bridgehead atoms. The summed E-state index contributed by atoms with van der Waals surface area (Å²) in [5.41, 5.74) is -0.341. The highest BCUT2D eigenvalue weighted by atomic mass is 35.5. The number of ketones is 2. The van der Waals surface area contributed by atoms with Gasteiger partial charge in [-0.2, -0.15) is 0 Å². The lowest BCUT2D eigenvalue weighted by Crippen LogP contribution is -2.61. The van der Waals surface area contributed by atoms with Crippen molar-refractivity contribution in [3.63, 3.8) is 0 Å². The lowest BCUT2D eigenvalue weighted by atomic mass is 9.43. The number of carbonyl (C=O) groups is 4. The number of fused-ring (bicyclic) bond motifs is 5. The SMILES string of the molecule is CC(=O)O[C@H]1C[C@H]2[C@@H](C(=O)C[C@@H]3CC(=O)CC[C@@]32C)[C@@H]2CC[C@H]([C@H](C)CCC(=O)Cl)[C@@]12C. The van der Waals surface area contributed by atoms with Gasteiger partial charge in [0.15, 0.2) is 0 Å². The third-order valence-electron chi connectivity index (χ3n) is 10.2. The monoisotopic (exact) mass is 464 g/mol. The molecule has 6 heteroatoms. The van der Waals surface area contributed by atoms with Gasteiger partial charge in [-0.15, -0.1) is 0 Å². The molecule has 0 saturated heterocycles. The Labute approximate surface area is 196 Å². The molecular formula is C26H37ClO5. The molecule has 0 aliphatic heterocycles. The predicted octanol–water partition coefficient (Wildman–Crippen LogP) is 5.12. The maximum atomic E-state index is 13.6. The molecule has 0 heterocycles. The molecule has 0 amide bonds. The van der Waals surface area contributed by atoms with E-state index in [0.717, 1.165) is 19.3 Å². The van der Waals surface area contributed by atoms with E-state index in [9.17, 15) is 19.2 Å². The van der Waals surface area contributed by atoms with E-state index >= 15 is 0 Å². The van der Waals surface area contributed by atoms with E-state index in [1.54, 1.807) is 0 Å². The minimum atomic E-state index is -0.315. The molecule has 4 fully saturated rings. The smallest absolute Gasteiger partial charge is 0.302 e. The number of Topliss-reactive ketones (excluding diaryl/α,β-unsaturated/α-hetero) is 2. The number of carbonyl (C=O) groups excluding carboxylic acids is 4. The minimum Gasteiger partial charge on any atom is -0.462 e. The highest BCUT2D eigenvalue weighted by Crippen LogP contribution is 2.68. The molecule has 4 aliphatic carbocycles. The fourth-order valence-corrected chi connectivity index (χ4v) is 8.66. The van der Waals surface area contributed by atoms with Gasteiger partial charge in [0.05, 0.1) is 0 Å². The van der Waals surface area contributed by atoms with Crippen LogP contribution < -0.4 is 0 Å². The van der Waals surface area contributed by atoms with Crippen LogP contribution in [-0.4, -0.2) is 28.9 Å². The summed E-state index contributed by atoms with van der Waals surface area (Å²) in [7, 11) is 0. The molecule has 4 rings (SSSR count). The number of ether oxygens (including phenoxy) is 1. The molecular weight excluding hydrogens is 428 g/mol. The van der Waals surface area contributed by atoms with Crippen molar-refractivity contribution >= 4 is 34.4 Å². The molecule has 32 heavy (non-hydrogen) atoms. The number of hydrogen-bond acceptors (Lipinski definition) is 5. The Hall–Kier alpha value is -1.23. The number of rotatable bonds is 5. The summed E-state index contributed by atoms with van der Waals surface area (Å²) in [5, 5.41) is -0.315. The van der Waals surface area contributed by atoms with Gasteiger partial charge in [-0.3, -0.25) is 19.2 Å². The minimum absolute atomic E-state index is 0.0203. The van der Waals surface area contributed by atoms with Crippen LogP contribution in [0.15, 0.2) is 0 Å². The first-order valence-corrected chi connectivity index (χ1v) is 12.8. The van der Waals surface area contributed by atoms with Crippen LogP contribution >= 0.6 is 11.6 Å². The average molecular weight is 465 g/mol. The molecule has 0 aromatic carbocycles. The van der Waals surface area contributed by atoms with Crippen molar-refractivity contribution in [2.24, 2.45) is 46.3 Å². The van der Waals surface area contributed by atoms with Gasteiger partial charge >= 0.3 is 5.97 Å². The zero-order valence-electron chi connectivity index (χ0n) is 19.8. The van der Waals surface area contributed by atoms with Gasteiger partial charge in [-0.05, 0) is 78.7 Å². The van der Waals surface area contributed by atoms with Gasteiger partial charge in [-0.1, -0.05) is 20.8 Å². The molecule has 4 saturated carbocycles. The average Bonchev–Trinajstić information content (AvgIpc) is 3.06. The highest BCUT2D eigenvalue weighted by Gasteiger charge is 2.67. The quantitative estimate of drug-likeness (QED) is 0.417. The second-order valence-corrected chi connectivity index (χ2v) is 12.0. The second-order valence-electron chi connectivity index (χ2n) is 11.6. The number of esters is 1. The summed E-state index contributed by atoms with van der Waals surface area (Å²) in [4.78, 5) is 49.3. The van der Waals surface area contributed by atoms with Crippen LogP contribution in [0.25, 0.3) is 0 Å². The first-order chi connectivity index (χ1) is 15.0. The lowest BCUT2D eigenvalue weighted by Gasteiger charge is -2.61. The lowest BCUT2D eigenvalue weighted by molar-refractivity contribution is -0.193. The Kier molecular flexibility index (Phi) is 6.37. The van der Waals surface area contributed by atoms with Crippen LogP contribution in [0.4, 0.5) is 0 Å². The van der Waals surface area contributed by atoms with Gasteiger partial charge in [0, 0.05) is 43.9 Å². The van der Waals surface area contributed by atoms with Crippen LogP contribution in [-0.2, 0) is 23.9 Å². The molecule has 0 spiro atoms. The van der Waals surface area contributed by atoms with Crippen molar-refractivity contribution in [1.82, 2.24) is 0 Å². The third-order valence-corrected chi connectivity index (χ3v) is 10.4. The largest absolute Gasteiger partial charge is 0.462 e. The Morgan fingerprint density at radius 2 is 1.88 bits per heavy atom. The summed E-state index contributed by atoms with van der Waals surface area (Å²) in [6, 6.07) is 0. The van der Waals surface area contributed by atoms with Gasteiger partial charge in [0.25, 0.3) is 0 Å². The van der Waals surface area contributed by atoms with Crippen molar-refractivity contribution in [2.45, 2.75) is 91.6 Å². The number of halogens is 1. The summed E-state index contributed by atoms with van der Waals surface area (Å²) in [5.74, 6) is 1.28. The molecule has 0 radical (unpaired) electrons. The van der Waals surface area contributed by atoms with Crippen LogP contribution in [0, 0.1) is 46.3 Å². The maximum absolute atomic E-state index is 13.6. The highest BCUT2D eigenvalue weighted by molar-refractivity contribution is 6.63. The van der Waals surface area contributed by atoms with E-state index in [4.69, 9.17) is 16.3 Å². The van der Waals surface area contributed by atoms with E-state index in [2.05, 4.69) is 20.8 Å². The maximum Gasteiger partial charge on any atom is 0.302 e. The van der Waals surface area contributed by atoms with E-state index < -0.39 is 0 Å². The first kappa shape index (κ1) is 23.9. The van der Waals surface area contributed by atoms with E-state index in [0.29, 0.717) is 44.3 Å². The normalized spacial score (nSPS) is 44.3. The molecule has 9 atom stereocenters. The topological polar surface area (TPSA) is 77.5 Å². The fourth-order valence-electron chi connectivity index (χ4n) is 8.55. The van der Waals surface area contributed by atoms with Crippen molar-refractivity contribution in [3.8, 4) is 0 Å². The zero-order valence-corrected chi connectivity index (χ0v) is 20.6. The first-order valence-electron chi connectivity index (χ1n) is 12.4. The van der Waals surface area contributed by atoms with Gasteiger partial charge in [0.2, 0.25) is 5.24 Å². The summed E-state index contributed by atoms with van der Waals surface area (Å²) in [6.45, 7) is 8.15. The van der Waals surface area contributed by atoms with Crippen LogP contribution in [0.2, 0.25) is 0 Å². The van der Waals surface area contributed by atoms with Crippen LogP contribution in [0.3, 0.4) is 0 Å². The molecule has 4 aliphatic rings. The fraction of sp³-hybridized carbons (Fsp3) is 0.846. The molecule has 178 valence electrons. The van der Waals surface area contributed by atoms with Gasteiger partial charge in [-0.25, -0.2) is 0 Å². The van der Waals surface area contributed by atoms with E-state index in [-0.39, 0.29) is 69.4 Å². The van der Waals surface area contributed by atoms with Crippen LogP contribution in [0.5, 0.6) is 0 Å². The summed E-state index contributed by atoms with van der Waals surface area (Å²) >= 11 is 5.62. The molecule has 0 aromatic heterocycles. The van der Waals surface area contributed by atoms with Crippen LogP contribution in [0.1, 0.15) is 85.5 Å². The second kappa shape index (κ2) is 8.52. The standard InChI is InChI=1S/C26H37ClO5/c1-14(5-8-23(27)31)18-6-7-19-24-20(13-22(26(18,19)4)32-15(2)28)25(3)10-9-17(29)11-16(25)12-21(24)30/h14,16,18-20,22,24H,5-13H2,1-4H3/t14-,16+,18-,19+,20+,22+,24+,25+,26-/m1/s1. The Balaban J connectivity index is 1.70. The molecule has 0 unspecified atom stereocenters. The van der Waals surface area contributed by atoms with Crippen molar-refractivity contribution < 1.29 is 23.9 Å². The summed E-state index contributed by atoms with van der Waals surface area (Å²) < 4.78 is 6.03. The Bertz CT molecular complexity index is 823. The van der Waals surface area contributed by atoms with Crippen molar-refractivity contribution in [2.75, 3.05) is 0 Å². The summed E-state index contributed by atoms with van der Waals surface area (Å²) in [6.07, 6.45) is 5.89. The number of hydrogen-bond donors (Lipinski definition) is 0. The van der Waals surface area contributed by atoms with E-state index in [1.807, 2.05) is 0 Å². The Morgan fingerprint density at radius 3 is 2.53 bits per heavy atom. The Morgan fingerprint density at radius 1 is 1.16 bits per heavy atom. The van der Waals surface area contributed by atoms with Gasteiger partial charge in [0.1, 0.15) is 17.7 Å². The third kappa shape index (κ3) is 3.76. The zero-order chi connectivity index (χ0) is 23.4. The predicted molar refractivity (Wildman–Crippen MR) is 121 cm³/mol. The van der Waals surface area contributed by atoms with Gasteiger partial charge < -0.3 is 4.74 Å². The molecule has 5 nitrogen and oxygen atoms in total. The molecule has 0 aromatic rings. The van der Waals surface area contributed by atoms with Crippen molar-refractivity contribution in [1.29, 1.82) is 0 Å².